The van der Waals surface area contributed by atoms with Gasteiger partial charge < -0.3 is 0 Å². The lowest BCUT2D eigenvalue weighted by atomic mass is 10.0. The number of hydroxylamine groups is 1. The molecular formula is C23H21NO5S. The summed E-state index contributed by atoms with van der Waals surface area (Å²) in [5.41, 5.74) is 3.22. The number of nitrogens with one attached hydrogen (secondary N) is 1. The fourth-order valence-electron chi connectivity index (χ4n) is 3.15. The Morgan fingerprint density at radius 1 is 0.800 bits per heavy atom. The Bertz CT molecular complexity index is 1110. The highest BCUT2D eigenvalue weighted by Crippen LogP contribution is 2.20. The molecule has 0 heterocycles. The molecule has 3 aromatic rings. The lowest BCUT2D eigenvalue weighted by molar-refractivity contribution is -0.132. The van der Waals surface area contributed by atoms with Gasteiger partial charge in [-0.05, 0) is 36.2 Å². The van der Waals surface area contributed by atoms with E-state index in [4.69, 9.17) is 5.21 Å². The van der Waals surface area contributed by atoms with E-state index in [2.05, 4.69) is 0 Å². The van der Waals surface area contributed by atoms with E-state index in [1.54, 1.807) is 60.1 Å². The maximum Gasteiger partial charge on any atom is 0.247 e. The van der Waals surface area contributed by atoms with Crippen molar-refractivity contribution in [2.75, 3.05) is 5.75 Å². The van der Waals surface area contributed by atoms with Crippen LogP contribution in [-0.2, 0) is 21.1 Å². The van der Waals surface area contributed by atoms with Crippen LogP contribution in [0.5, 0.6) is 0 Å². The highest BCUT2D eigenvalue weighted by atomic mass is 32.2. The third-order valence-corrected chi connectivity index (χ3v) is 6.57. The monoisotopic (exact) mass is 423 g/mol. The van der Waals surface area contributed by atoms with Crippen LogP contribution in [-0.4, -0.2) is 31.1 Å². The zero-order valence-corrected chi connectivity index (χ0v) is 16.9. The molecule has 2 N–H and O–H groups in total. The molecule has 3 aromatic carbocycles. The molecule has 0 aliphatic carbocycles. The molecule has 0 fully saturated rings. The average Bonchev–Trinajstić information content (AvgIpc) is 2.79. The number of carbonyl (C=O) groups is 2. The van der Waals surface area contributed by atoms with Gasteiger partial charge in [0.2, 0.25) is 5.91 Å². The summed E-state index contributed by atoms with van der Waals surface area (Å²) in [5, 5.41) is 9.02. The largest absolute Gasteiger partial charge is 0.289 e. The second kappa shape index (κ2) is 9.47. The fourth-order valence-corrected chi connectivity index (χ4v) is 4.69. The predicted molar refractivity (Wildman–Crippen MR) is 112 cm³/mol. The van der Waals surface area contributed by atoms with E-state index in [-0.39, 0.29) is 17.1 Å². The zero-order valence-electron chi connectivity index (χ0n) is 16.1. The van der Waals surface area contributed by atoms with Gasteiger partial charge in [0.15, 0.2) is 15.6 Å². The minimum Gasteiger partial charge on any atom is -0.289 e. The summed E-state index contributed by atoms with van der Waals surface area (Å²) in [6, 6.07) is 23.3. The Balaban J connectivity index is 1.79. The second-order valence-electron chi connectivity index (χ2n) is 6.86. The Hall–Kier alpha value is -3.29. The molecule has 0 aliphatic rings. The van der Waals surface area contributed by atoms with Gasteiger partial charge in [-0.25, -0.2) is 13.9 Å². The first kappa shape index (κ1) is 21.4. The first-order valence-electron chi connectivity index (χ1n) is 9.31. The number of hydrogen-bond acceptors (Lipinski definition) is 5. The highest BCUT2D eigenvalue weighted by Gasteiger charge is 2.27. The van der Waals surface area contributed by atoms with E-state index in [1.807, 2.05) is 6.07 Å². The summed E-state index contributed by atoms with van der Waals surface area (Å²) in [6.45, 7) is 0. The summed E-state index contributed by atoms with van der Waals surface area (Å²) < 4.78 is 25.7. The van der Waals surface area contributed by atoms with Crippen LogP contribution in [0.25, 0.3) is 0 Å². The minimum atomic E-state index is -3.83. The van der Waals surface area contributed by atoms with Crippen LogP contribution in [0.2, 0.25) is 0 Å². The molecule has 0 aromatic heterocycles. The van der Waals surface area contributed by atoms with E-state index in [0.717, 1.165) is 5.56 Å². The number of rotatable bonds is 8. The number of benzene rings is 3. The standard InChI is InChI=1S/C23H21NO5S/c25-22(18-9-5-2-6-10-18)19-11-13-21(14-12-19)30(28,29)16-20(23(26)24-27)15-17-7-3-1-4-8-17/h1-14,20,27H,15-16H2,(H,24,26). The van der Waals surface area contributed by atoms with Gasteiger partial charge in [-0.1, -0.05) is 60.7 Å². The van der Waals surface area contributed by atoms with Crippen molar-refractivity contribution in [1.29, 1.82) is 0 Å². The molecule has 0 saturated carbocycles. The molecule has 0 saturated heterocycles. The van der Waals surface area contributed by atoms with Crippen molar-refractivity contribution in [1.82, 2.24) is 5.48 Å². The summed E-state index contributed by atoms with van der Waals surface area (Å²) in [6.07, 6.45) is 0.164. The van der Waals surface area contributed by atoms with Crippen molar-refractivity contribution < 1.29 is 23.2 Å². The van der Waals surface area contributed by atoms with Gasteiger partial charge in [0.25, 0.3) is 0 Å². The molecular weight excluding hydrogens is 402 g/mol. The van der Waals surface area contributed by atoms with Crippen molar-refractivity contribution in [2.45, 2.75) is 11.3 Å². The number of sulfone groups is 1. The van der Waals surface area contributed by atoms with Crippen LogP contribution in [0.15, 0.2) is 89.8 Å². The molecule has 0 bridgehead atoms. The van der Waals surface area contributed by atoms with Crippen molar-refractivity contribution in [2.24, 2.45) is 5.92 Å². The van der Waals surface area contributed by atoms with Crippen molar-refractivity contribution in [3.63, 3.8) is 0 Å². The Morgan fingerprint density at radius 2 is 1.33 bits per heavy atom. The van der Waals surface area contributed by atoms with Gasteiger partial charge in [-0.3, -0.25) is 14.8 Å². The van der Waals surface area contributed by atoms with Crippen molar-refractivity contribution in [3.8, 4) is 0 Å². The molecule has 6 nitrogen and oxygen atoms in total. The fraction of sp³-hybridized carbons (Fsp3) is 0.130. The molecule has 1 atom stereocenters. The summed E-state index contributed by atoms with van der Waals surface area (Å²) in [7, 11) is -3.83. The quantitative estimate of drug-likeness (QED) is 0.329. The normalized spacial score (nSPS) is 12.2. The number of ketones is 1. The smallest absolute Gasteiger partial charge is 0.247 e. The molecule has 0 spiro atoms. The summed E-state index contributed by atoms with van der Waals surface area (Å²) in [4.78, 5) is 24.6. The average molecular weight is 423 g/mol. The minimum absolute atomic E-state index is 0.0101. The topological polar surface area (TPSA) is 101 Å². The van der Waals surface area contributed by atoms with E-state index >= 15 is 0 Å². The van der Waals surface area contributed by atoms with Crippen LogP contribution in [0.1, 0.15) is 21.5 Å². The molecule has 1 amide bonds. The van der Waals surface area contributed by atoms with E-state index in [9.17, 15) is 18.0 Å². The molecule has 3 rings (SSSR count). The Kier molecular flexibility index (Phi) is 6.76. The number of carbonyl (C=O) groups excluding carboxylic acids is 2. The molecule has 1 unspecified atom stereocenters. The van der Waals surface area contributed by atoms with Gasteiger partial charge in [-0.15, -0.1) is 0 Å². The van der Waals surface area contributed by atoms with E-state index in [0.29, 0.717) is 11.1 Å². The van der Waals surface area contributed by atoms with Gasteiger partial charge in [-0.2, -0.15) is 0 Å². The number of amides is 1. The van der Waals surface area contributed by atoms with Crippen molar-refractivity contribution >= 4 is 21.5 Å². The van der Waals surface area contributed by atoms with Gasteiger partial charge in [0.1, 0.15) is 0 Å². The summed E-state index contributed by atoms with van der Waals surface area (Å²) in [5.74, 6) is -2.41. The van der Waals surface area contributed by atoms with Crippen LogP contribution in [0.4, 0.5) is 0 Å². The SMILES string of the molecule is O=C(c1ccccc1)c1ccc(S(=O)(=O)CC(Cc2ccccc2)C(=O)NO)cc1. The highest BCUT2D eigenvalue weighted by molar-refractivity contribution is 7.91. The van der Waals surface area contributed by atoms with Crippen LogP contribution < -0.4 is 5.48 Å². The maximum absolute atomic E-state index is 12.9. The van der Waals surface area contributed by atoms with E-state index in [1.165, 1.54) is 24.3 Å². The zero-order chi connectivity index (χ0) is 21.6. The number of hydrogen-bond donors (Lipinski definition) is 2. The molecule has 154 valence electrons. The third kappa shape index (κ3) is 5.20. The molecule has 0 aliphatic heterocycles. The van der Waals surface area contributed by atoms with Crippen molar-refractivity contribution in [3.05, 3.63) is 102 Å². The summed E-state index contributed by atoms with van der Waals surface area (Å²) >= 11 is 0. The lowest BCUT2D eigenvalue weighted by Crippen LogP contribution is -2.34. The van der Waals surface area contributed by atoms with Crippen LogP contribution >= 0.6 is 0 Å². The van der Waals surface area contributed by atoms with Crippen LogP contribution in [0.3, 0.4) is 0 Å². The Morgan fingerprint density at radius 3 is 1.90 bits per heavy atom. The predicted octanol–water partition coefficient (Wildman–Crippen LogP) is 3.06. The first-order chi connectivity index (χ1) is 14.4. The Labute approximate surface area is 175 Å². The van der Waals surface area contributed by atoms with Crippen LogP contribution in [0, 0.1) is 5.92 Å². The first-order valence-corrected chi connectivity index (χ1v) is 11.0. The second-order valence-corrected chi connectivity index (χ2v) is 8.90. The lowest BCUT2D eigenvalue weighted by Gasteiger charge is -2.15. The molecule has 0 radical (unpaired) electrons. The van der Waals surface area contributed by atoms with E-state index < -0.39 is 27.4 Å². The van der Waals surface area contributed by atoms with Gasteiger partial charge in [0.05, 0.1) is 16.6 Å². The third-order valence-electron chi connectivity index (χ3n) is 4.74. The van der Waals surface area contributed by atoms with Gasteiger partial charge >= 0.3 is 0 Å². The molecule has 7 heteroatoms. The molecule has 30 heavy (non-hydrogen) atoms. The maximum atomic E-state index is 12.9. The van der Waals surface area contributed by atoms with Gasteiger partial charge in [0, 0.05) is 11.1 Å².